The van der Waals surface area contributed by atoms with Crippen molar-refractivity contribution in [2.45, 2.75) is 31.4 Å². The van der Waals surface area contributed by atoms with Gasteiger partial charge in [-0.25, -0.2) is 0 Å². The molecule has 0 aromatic heterocycles. The molecule has 2 heterocycles. The van der Waals surface area contributed by atoms with Crippen LogP contribution in [0.3, 0.4) is 0 Å². The Morgan fingerprint density at radius 2 is 2.00 bits per heavy atom. The van der Waals surface area contributed by atoms with E-state index in [0.717, 1.165) is 23.1 Å². The normalized spacial score (nSPS) is 21.5. The van der Waals surface area contributed by atoms with Crippen molar-refractivity contribution < 1.29 is 19.4 Å². The summed E-state index contributed by atoms with van der Waals surface area (Å²) in [6, 6.07) is 13.4. The minimum absolute atomic E-state index is 0.0142. The van der Waals surface area contributed by atoms with Crippen molar-refractivity contribution in [1.29, 1.82) is 0 Å². The van der Waals surface area contributed by atoms with Crippen molar-refractivity contribution in [1.82, 2.24) is 0 Å². The van der Waals surface area contributed by atoms with E-state index >= 15 is 0 Å². The van der Waals surface area contributed by atoms with Gasteiger partial charge < -0.3 is 14.7 Å². The second-order valence-corrected chi connectivity index (χ2v) is 7.48. The molecule has 0 saturated carbocycles. The smallest absolute Gasteiger partial charge is 0.305 e. The summed E-state index contributed by atoms with van der Waals surface area (Å²) >= 11 is 0. The van der Waals surface area contributed by atoms with E-state index in [1.807, 2.05) is 35.3 Å². The van der Waals surface area contributed by atoms with Crippen LogP contribution in [0.2, 0.25) is 0 Å². The Morgan fingerprint density at radius 1 is 1.22 bits per heavy atom. The van der Waals surface area contributed by atoms with Crippen LogP contribution in [0.15, 0.2) is 48.5 Å². The van der Waals surface area contributed by atoms with Gasteiger partial charge in [-0.1, -0.05) is 18.2 Å². The van der Waals surface area contributed by atoms with Gasteiger partial charge >= 0.3 is 5.97 Å². The first-order chi connectivity index (χ1) is 12.9. The van der Waals surface area contributed by atoms with Crippen molar-refractivity contribution in [3.8, 4) is 5.75 Å². The third-order valence-corrected chi connectivity index (χ3v) is 5.64. The largest absolute Gasteiger partial charge is 0.481 e. The summed E-state index contributed by atoms with van der Waals surface area (Å²) in [6.45, 7) is 4.56. The number of carbonyl (C=O) groups is 2. The molecule has 2 aliphatic rings. The van der Waals surface area contributed by atoms with E-state index in [9.17, 15) is 14.7 Å². The molecule has 0 radical (unpaired) electrons. The molecule has 0 bridgehead atoms. The highest BCUT2D eigenvalue weighted by molar-refractivity contribution is 5.79. The second-order valence-electron chi connectivity index (χ2n) is 7.48. The fourth-order valence-electron chi connectivity index (χ4n) is 4.19. The van der Waals surface area contributed by atoms with E-state index in [1.165, 1.54) is 0 Å². The van der Waals surface area contributed by atoms with Gasteiger partial charge in [0, 0.05) is 23.4 Å². The molecular formula is C22H21NO4. The molecule has 4 rings (SSSR count). The SMILES string of the molecule is CC1(C)c2ccccc2N(CCC(=O)O)C12C=Cc1cc(C=O)ccc1O2. The van der Waals surface area contributed by atoms with Gasteiger partial charge in [-0.15, -0.1) is 0 Å². The molecule has 138 valence electrons. The number of carboxylic acid groups (broad SMARTS) is 1. The second kappa shape index (κ2) is 5.98. The highest BCUT2D eigenvalue weighted by atomic mass is 16.5. The van der Waals surface area contributed by atoms with Gasteiger partial charge in [0.05, 0.1) is 11.8 Å². The predicted octanol–water partition coefficient (Wildman–Crippen LogP) is 3.87. The number of benzene rings is 2. The van der Waals surface area contributed by atoms with Gasteiger partial charge in [0.15, 0.2) is 0 Å². The average molecular weight is 363 g/mol. The zero-order valence-corrected chi connectivity index (χ0v) is 15.3. The number of anilines is 1. The van der Waals surface area contributed by atoms with Crippen LogP contribution < -0.4 is 9.64 Å². The lowest BCUT2D eigenvalue weighted by molar-refractivity contribution is -0.136. The average Bonchev–Trinajstić information content (AvgIpc) is 2.84. The van der Waals surface area contributed by atoms with Crippen LogP contribution >= 0.6 is 0 Å². The number of rotatable bonds is 4. The quantitative estimate of drug-likeness (QED) is 0.835. The van der Waals surface area contributed by atoms with Crippen LogP contribution in [0, 0.1) is 0 Å². The third-order valence-electron chi connectivity index (χ3n) is 5.64. The van der Waals surface area contributed by atoms with E-state index in [4.69, 9.17) is 4.74 Å². The summed E-state index contributed by atoms with van der Waals surface area (Å²) in [5.74, 6) is -0.160. The van der Waals surface area contributed by atoms with Gasteiger partial charge in [-0.05, 0) is 55.8 Å². The maximum absolute atomic E-state index is 11.3. The number of nitrogens with zero attached hydrogens (tertiary/aromatic N) is 1. The van der Waals surface area contributed by atoms with Crippen LogP contribution in [0.1, 0.15) is 41.8 Å². The van der Waals surface area contributed by atoms with Crippen molar-refractivity contribution in [3.63, 3.8) is 0 Å². The Kier molecular flexibility index (Phi) is 3.84. The third kappa shape index (κ3) is 2.46. The minimum atomic E-state index is -0.844. The Bertz CT molecular complexity index is 963. The van der Waals surface area contributed by atoms with Gasteiger partial charge in [-0.2, -0.15) is 0 Å². The summed E-state index contributed by atoms with van der Waals surface area (Å²) in [6.07, 6.45) is 4.78. The summed E-state index contributed by atoms with van der Waals surface area (Å²) in [5, 5.41) is 9.24. The fraction of sp³-hybridized carbons (Fsp3) is 0.273. The first-order valence-corrected chi connectivity index (χ1v) is 8.95. The molecule has 27 heavy (non-hydrogen) atoms. The summed E-state index contributed by atoms with van der Waals surface area (Å²) in [7, 11) is 0. The molecule has 1 atom stereocenters. The van der Waals surface area contributed by atoms with Crippen LogP contribution in [-0.2, 0) is 10.2 Å². The van der Waals surface area contributed by atoms with Crippen molar-refractivity contribution in [3.05, 3.63) is 65.2 Å². The first-order valence-electron chi connectivity index (χ1n) is 8.95. The zero-order chi connectivity index (χ0) is 19.2. The number of aldehydes is 1. The molecule has 0 saturated heterocycles. The zero-order valence-electron chi connectivity index (χ0n) is 15.3. The van der Waals surface area contributed by atoms with Crippen molar-refractivity contribution in [2.24, 2.45) is 0 Å². The van der Waals surface area contributed by atoms with Gasteiger partial charge in [0.2, 0.25) is 5.72 Å². The highest BCUT2D eigenvalue weighted by Gasteiger charge is 2.58. The van der Waals surface area contributed by atoms with Gasteiger partial charge in [-0.3, -0.25) is 9.59 Å². The molecule has 2 aromatic rings. The Labute approximate surface area is 157 Å². The fourth-order valence-corrected chi connectivity index (χ4v) is 4.19. The summed E-state index contributed by atoms with van der Waals surface area (Å²) in [4.78, 5) is 24.4. The minimum Gasteiger partial charge on any atom is -0.481 e. The topological polar surface area (TPSA) is 66.8 Å². The number of para-hydroxylation sites is 1. The molecule has 0 fully saturated rings. The summed E-state index contributed by atoms with van der Waals surface area (Å²) in [5.41, 5.74) is 2.31. The standard InChI is InChI=1S/C22H21NO4/c1-21(2)17-5-3-4-6-18(17)23(12-10-20(25)26)22(21)11-9-16-13-15(14-24)7-8-19(16)27-22/h3-9,11,13-14H,10,12H2,1-2H3,(H,25,26). The van der Waals surface area contributed by atoms with Crippen LogP contribution in [-0.4, -0.2) is 29.6 Å². The van der Waals surface area contributed by atoms with Gasteiger partial charge in [0.25, 0.3) is 0 Å². The van der Waals surface area contributed by atoms with Gasteiger partial charge in [0.1, 0.15) is 12.0 Å². The van der Waals surface area contributed by atoms with E-state index < -0.39 is 17.1 Å². The first kappa shape index (κ1) is 17.3. The molecule has 2 aliphatic heterocycles. The lowest BCUT2D eigenvalue weighted by Crippen LogP contribution is -2.59. The predicted molar refractivity (Wildman–Crippen MR) is 103 cm³/mol. The maximum Gasteiger partial charge on any atom is 0.305 e. The number of aliphatic carboxylic acids is 1. The van der Waals surface area contributed by atoms with Crippen LogP contribution in [0.5, 0.6) is 5.75 Å². The Balaban J connectivity index is 1.84. The number of fused-ring (bicyclic) bond motifs is 2. The lowest BCUT2D eigenvalue weighted by Gasteiger charge is -2.47. The molecule has 1 unspecified atom stereocenters. The molecule has 1 spiro atoms. The number of ether oxygens (including phenoxy) is 1. The van der Waals surface area contributed by atoms with E-state index in [1.54, 1.807) is 18.2 Å². The van der Waals surface area contributed by atoms with E-state index in [0.29, 0.717) is 17.9 Å². The molecule has 5 heteroatoms. The van der Waals surface area contributed by atoms with Crippen LogP contribution in [0.4, 0.5) is 5.69 Å². The molecular weight excluding hydrogens is 342 g/mol. The monoisotopic (exact) mass is 363 g/mol. The number of hydrogen-bond donors (Lipinski definition) is 1. The number of carbonyl (C=O) groups excluding carboxylic acids is 1. The molecule has 2 aromatic carbocycles. The van der Waals surface area contributed by atoms with Crippen molar-refractivity contribution in [2.75, 3.05) is 11.4 Å². The lowest BCUT2D eigenvalue weighted by atomic mass is 9.76. The van der Waals surface area contributed by atoms with E-state index in [2.05, 4.69) is 19.9 Å². The number of hydrogen-bond acceptors (Lipinski definition) is 4. The number of carboxylic acids is 1. The van der Waals surface area contributed by atoms with E-state index in [-0.39, 0.29) is 6.42 Å². The molecule has 0 amide bonds. The Hall–Kier alpha value is -3.08. The molecule has 5 nitrogen and oxygen atoms in total. The maximum atomic E-state index is 11.3. The molecule has 1 N–H and O–H groups in total. The summed E-state index contributed by atoms with van der Waals surface area (Å²) < 4.78 is 6.55. The van der Waals surface area contributed by atoms with Crippen LogP contribution in [0.25, 0.3) is 6.08 Å². The molecule has 0 aliphatic carbocycles. The van der Waals surface area contributed by atoms with Crippen molar-refractivity contribution >= 4 is 24.0 Å². The highest BCUT2D eigenvalue weighted by Crippen LogP contribution is 2.54. The Morgan fingerprint density at radius 3 is 2.74 bits per heavy atom.